The van der Waals surface area contributed by atoms with Gasteiger partial charge in [0, 0.05) is 5.39 Å². The van der Waals surface area contributed by atoms with E-state index in [1.165, 1.54) is 5.39 Å². The third-order valence-electron chi connectivity index (χ3n) is 3.32. The van der Waals surface area contributed by atoms with E-state index >= 15 is 0 Å². The van der Waals surface area contributed by atoms with Crippen molar-refractivity contribution in [2.75, 3.05) is 5.73 Å². The van der Waals surface area contributed by atoms with Gasteiger partial charge in [-0.2, -0.15) is 9.50 Å². The Morgan fingerprint density at radius 1 is 1.05 bits per heavy atom. The monoisotopic (exact) mass is 249 g/mol. The van der Waals surface area contributed by atoms with E-state index in [9.17, 15) is 0 Å². The van der Waals surface area contributed by atoms with E-state index < -0.39 is 0 Å². The predicted octanol–water partition coefficient (Wildman–Crippen LogP) is 2.32. The summed E-state index contributed by atoms with van der Waals surface area (Å²) in [6.07, 6.45) is 0. The number of hydrogen-bond acceptors (Lipinski definition) is 4. The van der Waals surface area contributed by atoms with Crippen molar-refractivity contribution in [1.82, 2.24) is 19.6 Å². The van der Waals surface area contributed by atoms with Crippen LogP contribution in [0.3, 0.4) is 0 Å². The largest absolute Gasteiger partial charge is 0.366 e. The molecule has 5 heteroatoms. The second-order valence-electron chi connectivity index (χ2n) is 4.58. The Labute approximate surface area is 108 Å². The molecule has 4 rings (SSSR count). The molecule has 0 radical (unpaired) electrons. The number of aryl methyl sites for hydroxylation is 1. The quantitative estimate of drug-likeness (QED) is 0.485. The zero-order valence-corrected chi connectivity index (χ0v) is 10.3. The molecule has 0 saturated carbocycles. The number of fused-ring (bicyclic) bond motifs is 4. The van der Waals surface area contributed by atoms with Crippen molar-refractivity contribution in [3.05, 3.63) is 42.2 Å². The zero-order valence-electron chi connectivity index (χ0n) is 10.3. The fourth-order valence-corrected chi connectivity index (χ4v) is 2.45. The number of nitrogens with zero attached hydrogens (tertiary/aromatic N) is 4. The summed E-state index contributed by atoms with van der Waals surface area (Å²) in [5.41, 5.74) is 7.36. The Kier molecular flexibility index (Phi) is 1.84. The molecule has 0 atom stereocenters. The highest BCUT2D eigenvalue weighted by Gasteiger charge is 2.10. The molecule has 0 unspecified atom stereocenters. The van der Waals surface area contributed by atoms with Crippen molar-refractivity contribution in [3.63, 3.8) is 0 Å². The van der Waals surface area contributed by atoms with Crippen LogP contribution in [0.4, 0.5) is 5.95 Å². The normalized spacial score (nSPS) is 11.6. The van der Waals surface area contributed by atoms with Gasteiger partial charge in [-0.3, -0.25) is 0 Å². The van der Waals surface area contributed by atoms with Gasteiger partial charge in [-0.05, 0) is 29.8 Å². The van der Waals surface area contributed by atoms with Crippen LogP contribution in [-0.2, 0) is 0 Å². The van der Waals surface area contributed by atoms with Gasteiger partial charge in [0.1, 0.15) is 5.82 Å². The molecule has 0 amide bonds. The molecule has 0 fully saturated rings. The van der Waals surface area contributed by atoms with Crippen molar-refractivity contribution in [3.8, 4) is 0 Å². The van der Waals surface area contributed by atoms with E-state index in [1.807, 2.05) is 19.1 Å². The van der Waals surface area contributed by atoms with Crippen molar-refractivity contribution in [2.45, 2.75) is 6.92 Å². The van der Waals surface area contributed by atoms with E-state index in [1.54, 1.807) is 4.52 Å². The first-order valence-corrected chi connectivity index (χ1v) is 6.04. The summed E-state index contributed by atoms with van der Waals surface area (Å²) in [6.45, 7) is 1.90. The van der Waals surface area contributed by atoms with Crippen molar-refractivity contribution < 1.29 is 0 Å². The maximum absolute atomic E-state index is 5.69. The summed E-state index contributed by atoms with van der Waals surface area (Å²) in [5.74, 6) is 1.05. The lowest BCUT2D eigenvalue weighted by atomic mass is 10.1. The lowest BCUT2D eigenvalue weighted by molar-refractivity contribution is 0.881. The van der Waals surface area contributed by atoms with Crippen LogP contribution in [-0.4, -0.2) is 19.6 Å². The molecule has 0 spiro atoms. The number of benzene rings is 2. The summed E-state index contributed by atoms with van der Waals surface area (Å²) in [7, 11) is 0. The number of nitrogen functional groups attached to an aromatic ring is 1. The van der Waals surface area contributed by atoms with Crippen LogP contribution in [0.5, 0.6) is 0 Å². The fourth-order valence-electron chi connectivity index (χ4n) is 2.45. The molecule has 0 aliphatic rings. The minimum Gasteiger partial charge on any atom is -0.366 e. The first-order valence-electron chi connectivity index (χ1n) is 6.04. The number of nitrogens with two attached hydrogens (primary N) is 1. The molecular weight excluding hydrogens is 238 g/mol. The molecule has 0 saturated heterocycles. The Balaban J connectivity index is 2.28. The first-order chi connectivity index (χ1) is 9.22. The van der Waals surface area contributed by atoms with Crippen LogP contribution in [0.15, 0.2) is 36.4 Å². The summed E-state index contributed by atoms with van der Waals surface area (Å²) in [4.78, 5) is 8.87. The highest BCUT2D eigenvalue weighted by molar-refractivity contribution is 6.02. The third kappa shape index (κ3) is 1.38. The van der Waals surface area contributed by atoms with Crippen LogP contribution in [0, 0.1) is 6.92 Å². The predicted molar refractivity (Wildman–Crippen MR) is 74.9 cm³/mol. The molecule has 5 nitrogen and oxygen atoms in total. The Bertz CT molecular complexity index is 939. The van der Waals surface area contributed by atoms with Gasteiger partial charge in [0.25, 0.3) is 0 Å². The molecular formula is C14H11N5. The molecule has 19 heavy (non-hydrogen) atoms. The van der Waals surface area contributed by atoms with E-state index in [0.29, 0.717) is 0 Å². The second-order valence-corrected chi connectivity index (χ2v) is 4.58. The third-order valence-corrected chi connectivity index (χ3v) is 3.32. The van der Waals surface area contributed by atoms with Gasteiger partial charge in [0.05, 0.1) is 5.52 Å². The van der Waals surface area contributed by atoms with Gasteiger partial charge in [-0.1, -0.05) is 24.3 Å². The average molecular weight is 249 g/mol. The topological polar surface area (TPSA) is 69.1 Å². The summed E-state index contributed by atoms with van der Waals surface area (Å²) < 4.78 is 1.69. The maximum atomic E-state index is 5.69. The Hall–Kier alpha value is -2.69. The minimum absolute atomic E-state index is 0.269. The number of hydrogen-bond donors (Lipinski definition) is 1. The molecule has 4 aromatic rings. The highest BCUT2D eigenvalue weighted by atomic mass is 15.3. The van der Waals surface area contributed by atoms with E-state index in [0.717, 1.165) is 27.8 Å². The van der Waals surface area contributed by atoms with Crippen LogP contribution in [0.25, 0.3) is 27.3 Å². The molecule has 2 heterocycles. The van der Waals surface area contributed by atoms with Crippen molar-refractivity contribution in [1.29, 1.82) is 0 Å². The fraction of sp³-hybridized carbons (Fsp3) is 0.0714. The van der Waals surface area contributed by atoms with Gasteiger partial charge in [0.15, 0.2) is 5.65 Å². The lowest BCUT2D eigenvalue weighted by Gasteiger charge is -2.04. The van der Waals surface area contributed by atoms with Crippen molar-refractivity contribution in [2.24, 2.45) is 0 Å². The molecule has 0 aliphatic heterocycles. The van der Waals surface area contributed by atoms with Gasteiger partial charge in [-0.15, -0.1) is 5.10 Å². The lowest BCUT2D eigenvalue weighted by Crippen LogP contribution is -1.98. The average Bonchev–Trinajstić information content (AvgIpc) is 2.80. The van der Waals surface area contributed by atoms with Crippen LogP contribution in [0.2, 0.25) is 0 Å². The molecule has 0 aliphatic carbocycles. The second kappa shape index (κ2) is 3.41. The van der Waals surface area contributed by atoms with Gasteiger partial charge >= 0.3 is 0 Å². The zero-order chi connectivity index (χ0) is 13.0. The van der Waals surface area contributed by atoms with E-state index in [2.05, 4.69) is 39.3 Å². The van der Waals surface area contributed by atoms with Gasteiger partial charge in [-0.25, -0.2) is 4.98 Å². The van der Waals surface area contributed by atoms with Crippen LogP contribution < -0.4 is 5.73 Å². The Morgan fingerprint density at radius 3 is 2.58 bits per heavy atom. The van der Waals surface area contributed by atoms with Crippen LogP contribution in [0.1, 0.15) is 5.82 Å². The summed E-state index contributed by atoms with van der Waals surface area (Å²) >= 11 is 0. The summed E-state index contributed by atoms with van der Waals surface area (Å²) in [6, 6.07) is 12.3. The molecule has 92 valence electrons. The molecule has 2 aromatic carbocycles. The van der Waals surface area contributed by atoms with Crippen molar-refractivity contribution >= 4 is 33.3 Å². The molecule has 2 aromatic heterocycles. The Morgan fingerprint density at radius 2 is 1.79 bits per heavy atom. The van der Waals surface area contributed by atoms with Gasteiger partial charge in [0.2, 0.25) is 5.95 Å². The standard InChI is InChI=1S/C14H11N5/c1-8-16-12-7-10-5-3-2-4-9(10)6-11(12)13-17-14(15)18-19(8)13/h2-7H,1H3,(H2,15,18). The van der Waals surface area contributed by atoms with E-state index in [4.69, 9.17) is 5.73 Å². The van der Waals surface area contributed by atoms with Crippen LogP contribution >= 0.6 is 0 Å². The number of rotatable bonds is 0. The number of anilines is 1. The SMILES string of the molecule is Cc1nc2cc3ccccc3cc2c2nc(N)nn12. The first kappa shape index (κ1) is 10.3. The maximum Gasteiger partial charge on any atom is 0.240 e. The molecule has 0 bridgehead atoms. The molecule has 2 N–H and O–H groups in total. The van der Waals surface area contributed by atoms with E-state index in [-0.39, 0.29) is 5.95 Å². The smallest absolute Gasteiger partial charge is 0.240 e. The van der Waals surface area contributed by atoms with Gasteiger partial charge < -0.3 is 5.73 Å². The minimum atomic E-state index is 0.269. The number of aromatic nitrogens is 4. The highest BCUT2D eigenvalue weighted by Crippen LogP contribution is 2.24. The summed E-state index contributed by atoms with van der Waals surface area (Å²) in [5, 5.41) is 7.45.